The topological polar surface area (TPSA) is 61.7 Å². The van der Waals surface area contributed by atoms with E-state index in [0.29, 0.717) is 13.0 Å². The first-order valence-corrected chi connectivity index (χ1v) is 8.06. The minimum Gasteiger partial charge on any atom is -0.345 e. The first-order valence-electron chi connectivity index (χ1n) is 8.06. The van der Waals surface area contributed by atoms with Gasteiger partial charge < -0.3 is 9.80 Å². The van der Waals surface area contributed by atoms with Gasteiger partial charge in [-0.3, -0.25) is 19.2 Å². The molecule has 2 saturated heterocycles. The summed E-state index contributed by atoms with van der Waals surface area (Å²) in [6, 6.07) is 0. The Morgan fingerprint density at radius 3 is 2.61 bits per heavy atom. The second-order valence-electron chi connectivity index (χ2n) is 7.10. The van der Waals surface area contributed by atoms with E-state index >= 15 is 0 Å². The predicted molar refractivity (Wildman–Crippen MR) is 85.4 cm³/mol. The van der Waals surface area contributed by atoms with Crippen LogP contribution in [0.15, 0.2) is 12.4 Å². The minimum absolute atomic E-state index is 0.0922. The van der Waals surface area contributed by atoms with E-state index in [1.54, 1.807) is 16.5 Å². The molecule has 126 valence electrons. The molecule has 0 aliphatic carbocycles. The molecule has 1 aromatic heterocycles. The van der Waals surface area contributed by atoms with Crippen molar-refractivity contribution >= 4 is 11.8 Å². The number of hydrogen-bond donors (Lipinski definition) is 0. The van der Waals surface area contributed by atoms with Crippen LogP contribution in [0.25, 0.3) is 0 Å². The Hall–Kier alpha value is -1.89. The van der Waals surface area contributed by atoms with Crippen LogP contribution in [0, 0.1) is 5.41 Å². The summed E-state index contributed by atoms with van der Waals surface area (Å²) in [7, 11) is 3.76. The van der Waals surface area contributed by atoms with E-state index in [-0.39, 0.29) is 17.2 Å². The highest BCUT2D eigenvalue weighted by atomic mass is 16.2. The molecule has 2 aliphatic rings. The van der Waals surface area contributed by atoms with Gasteiger partial charge in [-0.2, -0.15) is 5.10 Å². The van der Waals surface area contributed by atoms with Crippen molar-refractivity contribution in [2.24, 2.45) is 12.5 Å². The molecule has 0 bridgehead atoms. The molecule has 3 heterocycles. The Morgan fingerprint density at radius 2 is 2.04 bits per heavy atom. The van der Waals surface area contributed by atoms with Crippen molar-refractivity contribution in [2.75, 3.05) is 39.8 Å². The zero-order valence-corrected chi connectivity index (χ0v) is 14.2. The number of hydrogen-bond acceptors (Lipinski definition) is 4. The van der Waals surface area contributed by atoms with Crippen LogP contribution in [-0.4, -0.2) is 76.1 Å². The van der Waals surface area contributed by atoms with Gasteiger partial charge in [-0.05, 0) is 0 Å². The molecule has 2 aliphatic heterocycles. The molecule has 2 amide bonds. The lowest BCUT2D eigenvalue weighted by Gasteiger charge is -2.33. The Morgan fingerprint density at radius 1 is 1.26 bits per heavy atom. The summed E-state index contributed by atoms with van der Waals surface area (Å²) in [5, 5.41) is 4.22. The van der Waals surface area contributed by atoms with Crippen LogP contribution in [-0.2, 0) is 23.2 Å². The van der Waals surface area contributed by atoms with Crippen LogP contribution in [0.2, 0.25) is 0 Å². The van der Waals surface area contributed by atoms with Crippen LogP contribution in [0.5, 0.6) is 0 Å². The van der Waals surface area contributed by atoms with Crippen molar-refractivity contribution < 1.29 is 9.59 Å². The minimum atomic E-state index is -0.157. The normalized spacial score (nSPS) is 26.1. The highest BCUT2D eigenvalue weighted by Crippen LogP contribution is 2.34. The number of amides is 2. The largest absolute Gasteiger partial charge is 0.345 e. The summed E-state index contributed by atoms with van der Waals surface area (Å²) >= 11 is 0. The van der Waals surface area contributed by atoms with E-state index in [0.717, 1.165) is 38.3 Å². The Balaban J connectivity index is 1.80. The number of likely N-dealkylation sites (tertiary alicyclic amines) is 1. The molecule has 3 rings (SSSR count). The summed E-state index contributed by atoms with van der Waals surface area (Å²) in [6.07, 6.45) is 4.43. The average molecular weight is 319 g/mol. The molecule has 7 heteroatoms. The quantitative estimate of drug-likeness (QED) is 0.766. The Kier molecular flexibility index (Phi) is 4.14. The number of nitrogens with zero attached hydrogens (tertiary/aromatic N) is 5. The van der Waals surface area contributed by atoms with Gasteiger partial charge in [0, 0.05) is 83.9 Å². The van der Waals surface area contributed by atoms with Crippen LogP contribution in [0.4, 0.5) is 0 Å². The second-order valence-corrected chi connectivity index (χ2v) is 7.10. The molecule has 1 aromatic rings. The fourth-order valence-corrected chi connectivity index (χ4v) is 3.88. The molecule has 7 nitrogen and oxygen atoms in total. The summed E-state index contributed by atoms with van der Waals surface area (Å²) in [5.41, 5.74) is 1.01. The van der Waals surface area contributed by atoms with Gasteiger partial charge >= 0.3 is 0 Å². The fourth-order valence-electron chi connectivity index (χ4n) is 3.88. The monoisotopic (exact) mass is 319 g/mol. The van der Waals surface area contributed by atoms with Crippen LogP contribution in [0.1, 0.15) is 18.9 Å². The summed E-state index contributed by atoms with van der Waals surface area (Å²) in [5.74, 6) is 0.270. The van der Waals surface area contributed by atoms with Gasteiger partial charge in [0.15, 0.2) is 0 Å². The zero-order chi connectivity index (χ0) is 16.6. The molecule has 1 unspecified atom stereocenters. The maximum atomic E-state index is 12.1. The van der Waals surface area contributed by atoms with Crippen LogP contribution >= 0.6 is 0 Å². The van der Waals surface area contributed by atoms with E-state index in [1.165, 1.54) is 0 Å². The third-order valence-corrected chi connectivity index (χ3v) is 4.91. The first kappa shape index (κ1) is 16.0. The third kappa shape index (κ3) is 3.39. The van der Waals surface area contributed by atoms with Crippen LogP contribution in [0.3, 0.4) is 0 Å². The SMILES string of the molecule is CC(=O)N1CCN(Cc2cnn(C)c2)CC2(CC(=O)N(C)C2)C1. The van der Waals surface area contributed by atoms with Crippen molar-refractivity contribution in [1.82, 2.24) is 24.5 Å². The highest BCUT2D eigenvalue weighted by molar-refractivity contribution is 5.79. The predicted octanol–water partition coefficient (Wildman–Crippen LogP) is -0.0673. The smallest absolute Gasteiger partial charge is 0.223 e. The van der Waals surface area contributed by atoms with Crippen molar-refractivity contribution in [3.8, 4) is 0 Å². The highest BCUT2D eigenvalue weighted by Gasteiger charge is 2.45. The third-order valence-electron chi connectivity index (χ3n) is 4.91. The van der Waals surface area contributed by atoms with E-state index in [9.17, 15) is 9.59 Å². The van der Waals surface area contributed by atoms with Gasteiger partial charge in [0.1, 0.15) is 0 Å². The van der Waals surface area contributed by atoms with E-state index in [4.69, 9.17) is 0 Å². The van der Waals surface area contributed by atoms with Gasteiger partial charge in [-0.15, -0.1) is 0 Å². The summed E-state index contributed by atoms with van der Waals surface area (Å²) < 4.78 is 1.80. The van der Waals surface area contributed by atoms with Gasteiger partial charge in [-0.1, -0.05) is 0 Å². The zero-order valence-electron chi connectivity index (χ0n) is 14.2. The van der Waals surface area contributed by atoms with E-state index < -0.39 is 0 Å². The lowest BCUT2D eigenvalue weighted by molar-refractivity contribution is -0.130. The lowest BCUT2D eigenvalue weighted by Crippen LogP contribution is -2.43. The molecule has 0 saturated carbocycles. The maximum absolute atomic E-state index is 12.1. The first-order chi connectivity index (χ1) is 10.9. The van der Waals surface area contributed by atoms with E-state index in [1.807, 2.05) is 31.4 Å². The van der Waals surface area contributed by atoms with Crippen molar-refractivity contribution in [3.05, 3.63) is 18.0 Å². The molecular formula is C16H25N5O2. The van der Waals surface area contributed by atoms with Crippen LogP contribution < -0.4 is 0 Å². The molecule has 2 fully saturated rings. The van der Waals surface area contributed by atoms with Crippen molar-refractivity contribution in [3.63, 3.8) is 0 Å². The maximum Gasteiger partial charge on any atom is 0.223 e. The van der Waals surface area contributed by atoms with E-state index in [2.05, 4.69) is 10.00 Å². The van der Waals surface area contributed by atoms with Crippen molar-refractivity contribution in [2.45, 2.75) is 19.9 Å². The van der Waals surface area contributed by atoms with Gasteiger partial charge in [0.2, 0.25) is 11.8 Å². The van der Waals surface area contributed by atoms with Gasteiger partial charge in [-0.25, -0.2) is 0 Å². The average Bonchev–Trinajstić information content (AvgIpc) is 2.91. The number of aromatic nitrogens is 2. The number of aryl methyl sites for hydroxylation is 1. The molecule has 1 spiro atoms. The molecule has 23 heavy (non-hydrogen) atoms. The molecule has 0 N–H and O–H groups in total. The number of carbonyl (C=O) groups is 2. The van der Waals surface area contributed by atoms with Crippen molar-refractivity contribution in [1.29, 1.82) is 0 Å². The summed E-state index contributed by atoms with van der Waals surface area (Å²) in [4.78, 5) is 30.1. The van der Waals surface area contributed by atoms with Gasteiger partial charge in [0.25, 0.3) is 0 Å². The standard InChI is InChI=1S/C16H25N5O2/c1-13(22)21-5-4-20(9-14-7-17-19(3)8-14)11-16(12-21)6-15(23)18(2)10-16/h7-8H,4-6,9-12H2,1-3H3. The molecular weight excluding hydrogens is 294 g/mol. The number of rotatable bonds is 2. The van der Waals surface area contributed by atoms with Gasteiger partial charge in [0.05, 0.1) is 6.20 Å². The number of carbonyl (C=O) groups excluding carboxylic acids is 2. The molecule has 0 radical (unpaired) electrons. The molecule has 0 aromatic carbocycles. The Labute approximate surface area is 136 Å². The Bertz CT molecular complexity index is 613. The second kappa shape index (κ2) is 5.96. The summed E-state index contributed by atoms with van der Waals surface area (Å²) in [6.45, 7) is 6.19. The fraction of sp³-hybridized carbons (Fsp3) is 0.688. The molecule has 1 atom stereocenters. The lowest BCUT2D eigenvalue weighted by atomic mass is 9.86.